The number of phenolic OH excluding ortho intramolecular Hbond substituents is 1. The van der Waals surface area contributed by atoms with Crippen molar-refractivity contribution in [3.05, 3.63) is 29.3 Å². The van der Waals surface area contributed by atoms with Gasteiger partial charge in [-0.25, -0.2) is 0 Å². The lowest BCUT2D eigenvalue weighted by atomic mass is 9.54. The molecule has 0 amide bonds. The van der Waals surface area contributed by atoms with Crippen molar-refractivity contribution >= 4 is 11.8 Å². The number of esters is 1. The van der Waals surface area contributed by atoms with Crippen molar-refractivity contribution in [2.24, 2.45) is 23.2 Å². The molecule has 0 spiro atoms. The van der Waals surface area contributed by atoms with Gasteiger partial charge in [0, 0.05) is 18.3 Å². The normalized spacial score (nSPS) is 33.7. The average molecular weight is 385 g/mol. The highest BCUT2D eigenvalue weighted by Crippen LogP contribution is 2.62. The highest BCUT2D eigenvalue weighted by Gasteiger charge is 2.58. The molecule has 2 saturated carbocycles. The van der Waals surface area contributed by atoms with Gasteiger partial charge in [-0.15, -0.1) is 0 Å². The zero-order chi connectivity index (χ0) is 19.9. The number of Topliss-reactive ketones (excluding diaryl/α,β-unsaturated/α-hetero) is 1. The minimum atomic E-state index is -0.190. The summed E-state index contributed by atoms with van der Waals surface area (Å²) in [5, 5.41) is 9.85. The zero-order valence-electron chi connectivity index (χ0n) is 17.1. The van der Waals surface area contributed by atoms with Crippen LogP contribution >= 0.6 is 0 Å². The van der Waals surface area contributed by atoms with Gasteiger partial charge in [0.2, 0.25) is 0 Å². The molecular formula is C24H32O4. The maximum absolute atomic E-state index is 13.0. The van der Waals surface area contributed by atoms with Gasteiger partial charge in [0.1, 0.15) is 11.5 Å². The molecule has 4 unspecified atom stereocenters. The number of ether oxygens (including phenoxy) is 1. The molecular weight excluding hydrogens is 352 g/mol. The number of phenols is 1. The minimum Gasteiger partial charge on any atom is -0.508 e. The van der Waals surface area contributed by atoms with Crippen molar-refractivity contribution in [2.45, 2.75) is 71.1 Å². The number of carbonyl (C=O) groups is 2. The van der Waals surface area contributed by atoms with Gasteiger partial charge in [0.25, 0.3) is 0 Å². The SMILES string of the molecule is CCOC(=O)CCCC1CC(=O)[C@@]2(C)CCC3c4ccc(O)cc4CCC3C12. The first-order chi connectivity index (χ1) is 13.4. The molecule has 1 N–H and O–H groups in total. The summed E-state index contributed by atoms with van der Waals surface area (Å²) in [6.45, 7) is 4.47. The Morgan fingerprint density at radius 1 is 1.32 bits per heavy atom. The molecule has 3 aliphatic rings. The Balaban J connectivity index is 1.53. The standard InChI is InChI=1S/C24H32O4/c1-3-28-22(27)6-4-5-16-14-21(26)24(2)12-11-19-18-10-8-17(25)13-15(18)7-9-20(19)23(16)24/h8,10,13,16,19-20,23,25H,3-7,9,11-12,14H2,1-2H3/t16?,19?,20?,23?,24-/m1/s1. The van der Waals surface area contributed by atoms with Gasteiger partial charge in [-0.2, -0.15) is 0 Å². The fourth-order valence-electron chi connectivity index (χ4n) is 6.64. The highest BCUT2D eigenvalue weighted by atomic mass is 16.5. The fraction of sp³-hybridized carbons (Fsp3) is 0.667. The van der Waals surface area contributed by atoms with Crippen LogP contribution in [0.3, 0.4) is 0 Å². The van der Waals surface area contributed by atoms with Gasteiger partial charge in [-0.1, -0.05) is 13.0 Å². The molecule has 0 radical (unpaired) electrons. The highest BCUT2D eigenvalue weighted by molar-refractivity contribution is 5.87. The van der Waals surface area contributed by atoms with Crippen LogP contribution in [0.4, 0.5) is 0 Å². The average Bonchev–Trinajstić information content (AvgIpc) is 2.92. The van der Waals surface area contributed by atoms with Gasteiger partial charge in [-0.3, -0.25) is 9.59 Å². The van der Waals surface area contributed by atoms with Crippen molar-refractivity contribution in [3.63, 3.8) is 0 Å². The van der Waals surface area contributed by atoms with E-state index in [0.717, 1.165) is 38.5 Å². The minimum absolute atomic E-state index is 0.123. The molecule has 1 aromatic rings. The van der Waals surface area contributed by atoms with Gasteiger partial charge in [-0.05, 0) is 92.4 Å². The molecule has 2 fully saturated rings. The molecule has 0 saturated heterocycles. The van der Waals surface area contributed by atoms with E-state index in [0.29, 0.717) is 54.7 Å². The van der Waals surface area contributed by atoms with E-state index in [-0.39, 0.29) is 11.4 Å². The van der Waals surface area contributed by atoms with Crippen LogP contribution in [0.25, 0.3) is 0 Å². The van der Waals surface area contributed by atoms with Crippen molar-refractivity contribution in [2.75, 3.05) is 6.61 Å². The first-order valence-corrected chi connectivity index (χ1v) is 10.9. The van der Waals surface area contributed by atoms with E-state index in [4.69, 9.17) is 4.74 Å². The van der Waals surface area contributed by atoms with Gasteiger partial charge < -0.3 is 9.84 Å². The molecule has 28 heavy (non-hydrogen) atoms. The molecule has 0 bridgehead atoms. The van der Waals surface area contributed by atoms with E-state index in [2.05, 4.69) is 13.0 Å². The lowest BCUT2D eigenvalue weighted by Gasteiger charge is -2.50. The third kappa shape index (κ3) is 3.25. The van der Waals surface area contributed by atoms with E-state index < -0.39 is 0 Å². The summed E-state index contributed by atoms with van der Waals surface area (Å²) in [7, 11) is 0. The maximum Gasteiger partial charge on any atom is 0.305 e. The number of hydrogen-bond donors (Lipinski definition) is 1. The largest absolute Gasteiger partial charge is 0.508 e. The number of rotatable bonds is 5. The zero-order valence-corrected chi connectivity index (χ0v) is 17.1. The molecule has 4 nitrogen and oxygen atoms in total. The number of ketones is 1. The van der Waals surface area contributed by atoms with Crippen molar-refractivity contribution < 1.29 is 19.4 Å². The number of fused-ring (bicyclic) bond motifs is 5. The third-order valence-corrected chi connectivity index (χ3v) is 7.82. The van der Waals surface area contributed by atoms with Crippen LogP contribution in [0, 0.1) is 23.2 Å². The van der Waals surface area contributed by atoms with Crippen LogP contribution in [0.15, 0.2) is 18.2 Å². The Bertz CT molecular complexity index is 770. The van der Waals surface area contributed by atoms with Crippen molar-refractivity contribution in [1.82, 2.24) is 0 Å². The van der Waals surface area contributed by atoms with Gasteiger partial charge in [0.15, 0.2) is 0 Å². The maximum atomic E-state index is 13.0. The van der Waals surface area contributed by atoms with E-state index in [1.54, 1.807) is 0 Å². The monoisotopic (exact) mass is 384 g/mol. The number of aromatic hydroxyl groups is 1. The molecule has 0 aliphatic heterocycles. The summed E-state index contributed by atoms with van der Waals surface area (Å²) in [5.41, 5.74) is 2.48. The Morgan fingerprint density at radius 3 is 2.93 bits per heavy atom. The number of carbonyl (C=O) groups excluding carboxylic acids is 2. The number of aryl methyl sites for hydroxylation is 1. The van der Waals surface area contributed by atoms with Crippen LogP contribution in [-0.4, -0.2) is 23.5 Å². The van der Waals surface area contributed by atoms with E-state index in [1.165, 1.54) is 11.1 Å². The lowest BCUT2D eigenvalue weighted by molar-refractivity contribution is -0.143. The summed E-state index contributed by atoms with van der Waals surface area (Å²) in [5.74, 6) is 2.51. The first kappa shape index (κ1) is 19.5. The molecule has 0 aromatic heterocycles. The second-order valence-electron chi connectivity index (χ2n) is 9.26. The first-order valence-electron chi connectivity index (χ1n) is 10.9. The second kappa shape index (κ2) is 7.53. The molecule has 3 aliphatic carbocycles. The Morgan fingerprint density at radius 2 is 2.14 bits per heavy atom. The van der Waals surface area contributed by atoms with Crippen LogP contribution in [0.1, 0.15) is 75.8 Å². The number of hydrogen-bond acceptors (Lipinski definition) is 4. The summed E-state index contributed by atoms with van der Waals surface area (Å²) in [4.78, 5) is 24.7. The van der Waals surface area contributed by atoms with Gasteiger partial charge >= 0.3 is 5.97 Å². The predicted molar refractivity (Wildman–Crippen MR) is 107 cm³/mol. The van der Waals surface area contributed by atoms with E-state index in [9.17, 15) is 14.7 Å². The van der Waals surface area contributed by atoms with Crippen LogP contribution in [0.2, 0.25) is 0 Å². The molecule has 4 heteroatoms. The summed E-state index contributed by atoms with van der Waals surface area (Å²) in [6.07, 6.45) is 7.00. The van der Waals surface area contributed by atoms with E-state index >= 15 is 0 Å². The smallest absolute Gasteiger partial charge is 0.305 e. The van der Waals surface area contributed by atoms with Crippen molar-refractivity contribution in [1.29, 1.82) is 0 Å². The fourth-order valence-corrected chi connectivity index (χ4v) is 6.64. The summed E-state index contributed by atoms with van der Waals surface area (Å²) >= 11 is 0. The molecule has 152 valence electrons. The molecule has 1 aromatic carbocycles. The molecule has 5 atom stereocenters. The Hall–Kier alpha value is -1.84. The summed E-state index contributed by atoms with van der Waals surface area (Å²) < 4.78 is 5.06. The topological polar surface area (TPSA) is 63.6 Å². The second-order valence-corrected chi connectivity index (χ2v) is 9.26. The quantitative estimate of drug-likeness (QED) is 0.742. The van der Waals surface area contributed by atoms with Gasteiger partial charge in [0.05, 0.1) is 6.61 Å². The summed E-state index contributed by atoms with van der Waals surface area (Å²) in [6, 6.07) is 5.85. The van der Waals surface area contributed by atoms with Crippen LogP contribution in [-0.2, 0) is 20.7 Å². The lowest BCUT2D eigenvalue weighted by Crippen LogP contribution is -2.44. The van der Waals surface area contributed by atoms with E-state index in [1.807, 2.05) is 19.1 Å². The Kier molecular flexibility index (Phi) is 5.24. The van der Waals surface area contributed by atoms with Crippen LogP contribution in [0.5, 0.6) is 5.75 Å². The number of benzene rings is 1. The molecule has 4 rings (SSSR count). The van der Waals surface area contributed by atoms with Crippen molar-refractivity contribution in [3.8, 4) is 5.75 Å². The Labute approximate surface area is 167 Å². The molecule has 0 heterocycles. The third-order valence-electron chi connectivity index (χ3n) is 7.82. The van der Waals surface area contributed by atoms with Crippen LogP contribution < -0.4 is 0 Å². The predicted octanol–water partition coefficient (Wildman–Crippen LogP) is 4.78.